The molecule has 1 heterocycles. The summed E-state index contributed by atoms with van der Waals surface area (Å²) in [5, 5.41) is 13.9. The maximum absolute atomic E-state index is 6.21. The van der Waals surface area contributed by atoms with E-state index in [-0.39, 0.29) is 0 Å². The first kappa shape index (κ1) is 27.2. The van der Waals surface area contributed by atoms with Crippen molar-refractivity contribution in [3.05, 3.63) is 162 Å². The molecule has 1 aliphatic rings. The van der Waals surface area contributed by atoms with Crippen LogP contribution in [-0.2, 0) is 4.74 Å². The number of benzene rings is 6. The lowest BCUT2D eigenvalue weighted by molar-refractivity contribution is 0.510. The van der Waals surface area contributed by atoms with E-state index < -0.39 is 0 Å². The number of aliphatic imine (C=N–C) groups is 1. The van der Waals surface area contributed by atoms with E-state index >= 15 is 0 Å². The fourth-order valence-electron chi connectivity index (χ4n) is 5.97. The van der Waals surface area contributed by atoms with Gasteiger partial charge < -0.3 is 4.74 Å². The number of rotatable bonds is 6. The highest BCUT2D eigenvalue weighted by Crippen LogP contribution is 2.29. The molecule has 0 saturated heterocycles. The van der Waals surface area contributed by atoms with Crippen molar-refractivity contribution in [2.75, 3.05) is 7.05 Å². The Kier molecular flexibility index (Phi) is 7.17. The van der Waals surface area contributed by atoms with Crippen molar-refractivity contribution < 1.29 is 4.74 Å². The van der Waals surface area contributed by atoms with Gasteiger partial charge in [0.05, 0.1) is 11.4 Å². The molecular formula is C40H31N3O. The van der Waals surface area contributed by atoms with E-state index in [2.05, 4.69) is 120 Å². The Balaban J connectivity index is 1.06. The van der Waals surface area contributed by atoms with Crippen LogP contribution in [0, 0.1) is 6.92 Å². The van der Waals surface area contributed by atoms with E-state index in [1.165, 1.54) is 16.3 Å². The zero-order valence-corrected chi connectivity index (χ0v) is 24.8. The number of hydrogen-bond acceptors (Lipinski definition) is 4. The van der Waals surface area contributed by atoms with Crippen molar-refractivity contribution >= 4 is 44.6 Å². The minimum atomic E-state index is 0.530. The molecule has 0 radical (unpaired) electrons. The maximum Gasteiger partial charge on any atom is 0.221 e. The number of hydrogen-bond donors (Lipinski definition) is 0. The average molecular weight is 570 g/mol. The van der Waals surface area contributed by atoms with Gasteiger partial charge in [0.1, 0.15) is 5.76 Å². The molecule has 0 aliphatic carbocycles. The smallest absolute Gasteiger partial charge is 0.221 e. The number of nitrogens with zero attached hydrogens (tertiary/aromatic N) is 3. The van der Waals surface area contributed by atoms with Gasteiger partial charge in [-0.1, -0.05) is 122 Å². The second kappa shape index (κ2) is 11.6. The van der Waals surface area contributed by atoms with Gasteiger partial charge in [0.2, 0.25) is 5.90 Å². The third kappa shape index (κ3) is 5.12. The van der Waals surface area contributed by atoms with E-state index in [9.17, 15) is 0 Å². The van der Waals surface area contributed by atoms with E-state index in [1.54, 1.807) is 7.05 Å². The summed E-state index contributed by atoms with van der Waals surface area (Å²) in [5.74, 6) is 1.10. The lowest BCUT2D eigenvalue weighted by Gasteiger charge is -2.14. The van der Waals surface area contributed by atoms with Crippen LogP contribution >= 0.6 is 0 Å². The van der Waals surface area contributed by atoms with Crippen LogP contribution in [0.2, 0.25) is 0 Å². The second-order valence-corrected chi connectivity index (χ2v) is 11.0. The summed E-state index contributed by atoms with van der Waals surface area (Å²) in [5.41, 5.74) is 9.57. The molecule has 0 amide bonds. The van der Waals surface area contributed by atoms with Gasteiger partial charge >= 0.3 is 0 Å². The highest BCUT2D eigenvalue weighted by atomic mass is 16.5. The molecule has 6 aromatic carbocycles. The molecule has 6 aromatic rings. The summed E-state index contributed by atoms with van der Waals surface area (Å²) in [7, 11) is 1.74. The minimum absolute atomic E-state index is 0.530. The van der Waals surface area contributed by atoms with Crippen molar-refractivity contribution in [1.82, 2.24) is 0 Å². The highest BCUT2D eigenvalue weighted by Gasteiger charge is 2.19. The Morgan fingerprint density at radius 2 is 1.27 bits per heavy atom. The molecule has 44 heavy (non-hydrogen) atoms. The van der Waals surface area contributed by atoms with Crippen molar-refractivity contribution in [1.29, 1.82) is 0 Å². The molecule has 212 valence electrons. The number of fused-ring (bicyclic) bond motifs is 2. The Labute approximate surface area is 257 Å². The summed E-state index contributed by atoms with van der Waals surface area (Å²) < 4.78 is 6.21. The number of aryl methyl sites for hydroxylation is 1. The van der Waals surface area contributed by atoms with E-state index in [1.807, 2.05) is 36.4 Å². The molecule has 0 aromatic heterocycles. The van der Waals surface area contributed by atoms with Crippen molar-refractivity contribution in [3.63, 3.8) is 0 Å². The highest BCUT2D eigenvalue weighted by molar-refractivity contribution is 6.24. The van der Waals surface area contributed by atoms with Crippen LogP contribution in [0.15, 0.2) is 149 Å². The SMILES string of the molecule is C=C(OC(=NC)c1ccc(-c2ccc(C3=NN=C(c4cccc5ccccc45)C3)c(C)c2)cc1)c1cccc2ccccc12. The van der Waals surface area contributed by atoms with Crippen LogP contribution in [0.25, 0.3) is 38.4 Å². The van der Waals surface area contributed by atoms with Crippen LogP contribution in [0.4, 0.5) is 0 Å². The van der Waals surface area contributed by atoms with E-state index in [0.717, 1.165) is 55.6 Å². The summed E-state index contributed by atoms with van der Waals surface area (Å²) in [4.78, 5) is 4.43. The standard InChI is InChI=1S/C40H31N3O/c1-26-24-32(22-23-33(26)38-25-39(43-42-38)37-17-9-13-30-11-5-7-15-36(30)37)28-18-20-31(21-19-28)40(41-3)44-27(2)34-16-8-12-29-10-4-6-14-35(29)34/h4-24H,2,25H2,1,3H3. The quantitative estimate of drug-likeness (QED) is 0.112. The van der Waals surface area contributed by atoms with Gasteiger partial charge in [0.15, 0.2) is 0 Å². The van der Waals surface area contributed by atoms with Gasteiger partial charge in [-0.15, -0.1) is 0 Å². The molecule has 7 rings (SSSR count). The van der Waals surface area contributed by atoms with Crippen LogP contribution < -0.4 is 0 Å². The van der Waals surface area contributed by atoms with Crippen molar-refractivity contribution in [3.8, 4) is 11.1 Å². The largest absolute Gasteiger partial charge is 0.439 e. The minimum Gasteiger partial charge on any atom is -0.439 e. The molecule has 0 N–H and O–H groups in total. The van der Waals surface area contributed by atoms with Gasteiger partial charge in [0.25, 0.3) is 0 Å². The Bertz CT molecular complexity index is 2140. The topological polar surface area (TPSA) is 46.3 Å². The molecule has 0 fully saturated rings. The van der Waals surface area contributed by atoms with Gasteiger partial charge in [0, 0.05) is 35.7 Å². The zero-order valence-electron chi connectivity index (χ0n) is 24.8. The Morgan fingerprint density at radius 1 is 0.659 bits per heavy atom. The fraction of sp³-hybridized carbons (Fsp3) is 0.0750. The van der Waals surface area contributed by atoms with Gasteiger partial charge in [-0.2, -0.15) is 10.2 Å². The molecule has 4 heteroatoms. The third-order valence-corrected chi connectivity index (χ3v) is 8.24. The van der Waals surface area contributed by atoms with Crippen molar-refractivity contribution in [2.24, 2.45) is 15.2 Å². The molecule has 0 spiro atoms. The van der Waals surface area contributed by atoms with Gasteiger partial charge in [-0.3, -0.25) is 4.99 Å². The predicted octanol–water partition coefficient (Wildman–Crippen LogP) is 9.63. The molecule has 0 unspecified atom stereocenters. The summed E-state index contributed by atoms with van der Waals surface area (Å²) in [6, 6.07) is 44.0. The first-order valence-electron chi connectivity index (χ1n) is 14.7. The molecule has 0 saturated carbocycles. The summed E-state index contributed by atoms with van der Waals surface area (Å²) in [6.07, 6.45) is 0.714. The Morgan fingerprint density at radius 3 is 2.00 bits per heavy atom. The third-order valence-electron chi connectivity index (χ3n) is 8.24. The zero-order chi connectivity index (χ0) is 30.0. The summed E-state index contributed by atoms with van der Waals surface area (Å²) in [6.45, 7) is 6.36. The normalized spacial score (nSPS) is 13.2. The maximum atomic E-state index is 6.21. The van der Waals surface area contributed by atoms with Crippen LogP contribution in [0.3, 0.4) is 0 Å². The Hall–Kier alpha value is -5.61. The van der Waals surface area contributed by atoms with Gasteiger partial charge in [-0.05, 0) is 57.3 Å². The lowest BCUT2D eigenvalue weighted by Crippen LogP contribution is -2.07. The molecule has 0 atom stereocenters. The fourth-order valence-corrected chi connectivity index (χ4v) is 5.97. The van der Waals surface area contributed by atoms with E-state index in [4.69, 9.17) is 4.74 Å². The summed E-state index contributed by atoms with van der Waals surface area (Å²) >= 11 is 0. The molecular weight excluding hydrogens is 538 g/mol. The first-order chi connectivity index (χ1) is 21.6. The molecule has 1 aliphatic heterocycles. The van der Waals surface area contributed by atoms with Crippen LogP contribution in [0.1, 0.15) is 34.2 Å². The molecule has 0 bridgehead atoms. The van der Waals surface area contributed by atoms with E-state index in [0.29, 0.717) is 18.1 Å². The second-order valence-electron chi connectivity index (χ2n) is 11.0. The van der Waals surface area contributed by atoms with Crippen molar-refractivity contribution in [2.45, 2.75) is 13.3 Å². The lowest BCUT2D eigenvalue weighted by atomic mass is 9.93. The van der Waals surface area contributed by atoms with Crippen LogP contribution in [0.5, 0.6) is 0 Å². The predicted molar refractivity (Wildman–Crippen MR) is 185 cm³/mol. The number of ether oxygens (including phenoxy) is 1. The monoisotopic (exact) mass is 569 g/mol. The average Bonchev–Trinajstić information content (AvgIpc) is 3.56. The molecule has 4 nitrogen and oxygen atoms in total. The van der Waals surface area contributed by atoms with Gasteiger partial charge in [-0.25, -0.2) is 0 Å². The first-order valence-corrected chi connectivity index (χ1v) is 14.7. The van der Waals surface area contributed by atoms with Crippen LogP contribution in [-0.4, -0.2) is 24.4 Å².